The Morgan fingerprint density at radius 1 is 1.44 bits per heavy atom. The second-order valence-electron chi connectivity index (χ2n) is 4.28. The lowest BCUT2D eigenvalue weighted by atomic mass is 10.1. The van der Waals surface area contributed by atoms with E-state index in [1.54, 1.807) is 10.9 Å². The highest BCUT2D eigenvalue weighted by atomic mass is 16.5. The number of nitrogens with zero attached hydrogens (tertiary/aromatic N) is 4. The monoisotopic (exact) mass is 249 g/mol. The zero-order valence-corrected chi connectivity index (χ0v) is 11.1. The summed E-state index contributed by atoms with van der Waals surface area (Å²) < 4.78 is 6.99. The number of aryl methyl sites for hydroxylation is 1. The fourth-order valence-electron chi connectivity index (χ4n) is 1.85. The van der Waals surface area contributed by atoms with Gasteiger partial charge in [0.25, 0.3) is 0 Å². The summed E-state index contributed by atoms with van der Waals surface area (Å²) >= 11 is 0. The van der Waals surface area contributed by atoms with Gasteiger partial charge < -0.3 is 9.84 Å². The van der Waals surface area contributed by atoms with Crippen molar-refractivity contribution in [1.82, 2.24) is 25.2 Å². The first-order valence-electron chi connectivity index (χ1n) is 6.27. The summed E-state index contributed by atoms with van der Waals surface area (Å²) in [4.78, 5) is 4.39. The van der Waals surface area contributed by atoms with Crippen LogP contribution in [0.5, 0.6) is 0 Å². The van der Waals surface area contributed by atoms with E-state index in [1.165, 1.54) is 0 Å². The minimum Gasteiger partial charge on any atom is -0.339 e. The molecule has 0 radical (unpaired) electrons. The van der Waals surface area contributed by atoms with Crippen LogP contribution in [0, 0.1) is 0 Å². The summed E-state index contributed by atoms with van der Waals surface area (Å²) in [6.45, 7) is 5.19. The van der Waals surface area contributed by atoms with Crippen molar-refractivity contribution in [2.24, 2.45) is 7.05 Å². The molecule has 0 amide bonds. The van der Waals surface area contributed by atoms with Crippen LogP contribution < -0.4 is 5.32 Å². The van der Waals surface area contributed by atoms with Crippen molar-refractivity contribution in [2.45, 2.75) is 32.7 Å². The van der Waals surface area contributed by atoms with Gasteiger partial charge in [0.15, 0.2) is 0 Å². The molecule has 2 heterocycles. The SMILES string of the molecule is CCNC(CC)Cc1nc(-c2cnn(C)c2)no1. The van der Waals surface area contributed by atoms with E-state index in [4.69, 9.17) is 4.52 Å². The third-order valence-electron chi connectivity index (χ3n) is 2.84. The minimum atomic E-state index is 0.386. The van der Waals surface area contributed by atoms with E-state index >= 15 is 0 Å². The molecule has 6 heteroatoms. The molecule has 2 aromatic rings. The molecule has 2 aromatic heterocycles. The Labute approximate surface area is 106 Å². The zero-order chi connectivity index (χ0) is 13.0. The molecule has 2 rings (SSSR count). The molecule has 18 heavy (non-hydrogen) atoms. The van der Waals surface area contributed by atoms with Gasteiger partial charge in [-0.1, -0.05) is 19.0 Å². The standard InChI is InChI=1S/C12H19N5O/c1-4-10(13-5-2)6-11-15-12(16-18-11)9-7-14-17(3)8-9/h7-8,10,13H,4-6H2,1-3H3. The summed E-state index contributed by atoms with van der Waals surface area (Å²) in [5, 5.41) is 11.5. The molecule has 0 aromatic carbocycles. The molecule has 0 saturated heterocycles. The Hall–Kier alpha value is -1.69. The van der Waals surface area contributed by atoms with E-state index in [2.05, 4.69) is 34.4 Å². The van der Waals surface area contributed by atoms with Gasteiger partial charge in [0.05, 0.1) is 11.8 Å². The Balaban J connectivity index is 2.06. The van der Waals surface area contributed by atoms with Crippen LogP contribution >= 0.6 is 0 Å². The molecule has 1 unspecified atom stereocenters. The van der Waals surface area contributed by atoms with Crippen LogP contribution in [0.15, 0.2) is 16.9 Å². The Kier molecular flexibility index (Phi) is 4.09. The molecular formula is C12H19N5O. The molecular weight excluding hydrogens is 230 g/mol. The number of aromatic nitrogens is 4. The predicted molar refractivity (Wildman–Crippen MR) is 68.0 cm³/mol. The third kappa shape index (κ3) is 2.95. The highest BCUT2D eigenvalue weighted by molar-refractivity contribution is 5.50. The van der Waals surface area contributed by atoms with Gasteiger partial charge in [-0.25, -0.2) is 0 Å². The van der Waals surface area contributed by atoms with Crippen molar-refractivity contribution in [2.75, 3.05) is 6.54 Å². The zero-order valence-electron chi connectivity index (χ0n) is 11.1. The van der Waals surface area contributed by atoms with Gasteiger partial charge in [0.1, 0.15) is 0 Å². The van der Waals surface area contributed by atoms with Crippen molar-refractivity contribution < 1.29 is 4.52 Å². The van der Waals surface area contributed by atoms with Crippen LogP contribution in [-0.4, -0.2) is 32.5 Å². The number of nitrogens with one attached hydrogen (secondary N) is 1. The Morgan fingerprint density at radius 3 is 2.89 bits per heavy atom. The van der Waals surface area contributed by atoms with E-state index < -0.39 is 0 Å². The maximum Gasteiger partial charge on any atom is 0.228 e. The largest absolute Gasteiger partial charge is 0.339 e. The normalized spacial score (nSPS) is 12.8. The lowest BCUT2D eigenvalue weighted by Crippen LogP contribution is -2.30. The van der Waals surface area contributed by atoms with E-state index in [-0.39, 0.29) is 0 Å². The highest BCUT2D eigenvalue weighted by Crippen LogP contribution is 2.15. The van der Waals surface area contributed by atoms with Crippen molar-refractivity contribution >= 4 is 0 Å². The molecule has 0 fully saturated rings. The van der Waals surface area contributed by atoms with E-state index in [9.17, 15) is 0 Å². The Bertz CT molecular complexity index is 490. The second kappa shape index (κ2) is 5.77. The molecule has 0 aliphatic rings. The fraction of sp³-hybridized carbons (Fsp3) is 0.583. The summed E-state index contributed by atoms with van der Waals surface area (Å²) in [6, 6.07) is 0.386. The minimum absolute atomic E-state index is 0.386. The molecule has 0 aliphatic carbocycles. The molecule has 98 valence electrons. The summed E-state index contributed by atoms with van der Waals surface area (Å²) in [5.41, 5.74) is 0.879. The molecule has 0 saturated carbocycles. The second-order valence-corrected chi connectivity index (χ2v) is 4.28. The fourth-order valence-corrected chi connectivity index (χ4v) is 1.85. The molecule has 1 atom stereocenters. The summed E-state index contributed by atoms with van der Waals surface area (Å²) in [5.74, 6) is 1.27. The molecule has 0 bridgehead atoms. The van der Waals surface area contributed by atoms with Gasteiger partial charge in [-0.2, -0.15) is 10.1 Å². The van der Waals surface area contributed by atoms with Gasteiger partial charge in [0, 0.05) is 25.7 Å². The maximum absolute atomic E-state index is 5.27. The van der Waals surface area contributed by atoms with Crippen molar-refractivity contribution in [3.05, 3.63) is 18.3 Å². The average Bonchev–Trinajstić information content (AvgIpc) is 2.97. The number of rotatable bonds is 6. The first-order valence-corrected chi connectivity index (χ1v) is 6.27. The molecule has 1 N–H and O–H groups in total. The first-order chi connectivity index (χ1) is 8.72. The van der Waals surface area contributed by atoms with Gasteiger partial charge in [-0.05, 0) is 13.0 Å². The van der Waals surface area contributed by atoms with Crippen molar-refractivity contribution in [1.29, 1.82) is 0 Å². The van der Waals surface area contributed by atoms with E-state index in [0.717, 1.165) is 24.9 Å². The van der Waals surface area contributed by atoms with Crippen LogP contribution in [-0.2, 0) is 13.5 Å². The molecule has 0 spiro atoms. The maximum atomic E-state index is 5.27. The van der Waals surface area contributed by atoms with Crippen molar-refractivity contribution in [3.63, 3.8) is 0 Å². The quantitative estimate of drug-likeness (QED) is 0.838. The molecule has 0 aliphatic heterocycles. The van der Waals surface area contributed by atoms with Crippen LogP contribution in [0.2, 0.25) is 0 Å². The number of likely N-dealkylation sites (N-methyl/N-ethyl adjacent to an activating group) is 1. The van der Waals surface area contributed by atoms with Gasteiger partial charge in [0.2, 0.25) is 11.7 Å². The van der Waals surface area contributed by atoms with Gasteiger partial charge in [-0.3, -0.25) is 4.68 Å². The third-order valence-corrected chi connectivity index (χ3v) is 2.84. The lowest BCUT2D eigenvalue weighted by molar-refractivity contribution is 0.355. The van der Waals surface area contributed by atoms with E-state index in [1.807, 2.05) is 13.2 Å². The molecule has 6 nitrogen and oxygen atoms in total. The first kappa shape index (κ1) is 12.8. The van der Waals surface area contributed by atoms with Crippen LogP contribution in [0.1, 0.15) is 26.2 Å². The van der Waals surface area contributed by atoms with Crippen LogP contribution in [0.25, 0.3) is 11.4 Å². The smallest absolute Gasteiger partial charge is 0.228 e. The summed E-state index contributed by atoms with van der Waals surface area (Å²) in [6.07, 6.45) is 5.41. The highest BCUT2D eigenvalue weighted by Gasteiger charge is 2.14. The predicted octanol–water partition coefficient (Wildman–Crippen LogP) is 1.40. The Morgan fingerprint density at radius 2 is 2.28 bits per heavy atom. The lowest BCUT2D eigenvalue weighted by Gasteiger charge is -2.12. The van der Waals surface area contributed by atoms with E-state index in [0.29, 0.717) is 17.8 Å². The van der Waals surface area contributed by atoms with Crippen LogP contribution in [0.3, 0.4) is 0 Å². The van der Waals surface area contributed by atoms with Gasteiger partial charge in [-0.15, -0.1) is 0 Å². The number of hydrogen-bond acceptors (Lipinski definition) is 5. The van der Waals surface area contributed by atoms with Crippen molar-refractivity contribution in [3.8, 4) is 11.4 Å². The number of hydrogen-bond donors (Lipinski definition) is 1. The van der Waals surface area contributed by atoms with Crippen LogP contribution in [0.4, 0.5) is 0 Å². The average molecular weight is 249 g/mol. The topological polar surface area (TPSA) is 68.8 Å². The summed E-state index contributed by atoms with van der Waals surface area (Å²) in [7, 11) is 1.86. The van der Waals surface area contributed by atoms with Gasteiger partial charge >= 0.3 is 0 Å².